The summed E-state index contributed by atoms with van der Waals surface area (Å²) in [6, 6.07) is 28.2. The molecule has 0 saturated carbocycles. The SMILES string of the molecule is COc1cc(CO[C@@H]2C3CCN(CC3)[C@@H]2C(c2ccccc2)c2ccccc2)cc(OC)c1.O=C(O)C(=O)O. The molecule has 2 atom stereocenters. The largest absolute Gasteiger partial charge is 0.497 e. The van der Waals surface area contributed by atoms with Crippen molar-refractivity contribution in [3.05, 3.63) is 95.6 Å². The van der Waals surface area contributed by atoms with E-state index in [-0.39, 0.29) is 12.0 Å². The van der Waals surface area contributed by atoms with Gasteiger partial charge in [0.2, 0.25) is 0 Å². The first-order valence-corrected chi connectivity index (χ1v) is 13.0. The van der Waals surface area contributed by atoms with E-state index in [1.165, 1.54) is 24.0 Å². The third-order valence-corrected chi connectivity index (χ3v) is 7.49. The van der Waals surface area contributed by atoms with Crippen LogP contribution in [0.3, 0.4) is 0 Å². The molecule has 39 heavy (non-hydrogen) atoms. The molecular weight excluding hydrogens is 498 g/mol. The predicted molar refractivity (Wildman–Crippen MR) is 146 cm³/mol. The van der Waals surface area contributed by atoms with Gasteiger partial charge in [-0.05, 0) is 60.7 Å². The van der Waals surface area contributed by atoms with Crippen molar-refractivity contribution in [3.63, 3.8) is 0 Å². The van der Waals surface area contributed by atoms with E-state index >= 15 is 0 Å². The lowest BCUT2D eigenvalue weighted by Crippen LogP contribution is -2.60. The van der Waals surface area contributed by atoms with E-state index in [4.69, 9.17) is 34.0 Å². The fourth-order valence-corrected chi connectivity index (χ4v) is 5.72. The maximum absolute atomic E-state index is 9.10. The number of carboxylic acids is 2. The molecule has 0 aliphatic carbocycles. The van der Waals surface area contributed by atoms with Crippen molar-refractivity contribution in [2.75, 3.05) is 27.3 Å². The van der Waals surface area contributed by atoms with Crippen LogP contribution < -0.4 is 9.47 Å². The van der Waals surface area contributed by atoms with Crippen LogP contribution in [0.5, 0.6) is 11.5 Å². The summed E-state index contributed by atoms with van der Waals surface area (Å²) in [6.07, 6.45) is 2.59. The molecule has 3 aliphatic heterocycles. The number of ether oxygens (including phenoxy) is 3. The maximum atomic E-state index is 9.10. The molecule has 3 fully saturated rings. The van der Waals surface area contributed by atoms with Crippen molar-refractivity contribution in [1.82, 2.24) is 4.90 Å². The Labute approximate surface area is 228 Å². The van der Waals surface area contributed by atoms with Crippen molar-refractivity contribution in [1.29, 1.82) is 0 Å². The van der Waals surface area contributed by atoms with E-state index in [0.29, 0.717) is 18.6 Å². The molecule has 0 amide bonds. The van der Waals surface area contributed by atoms with Crippen LogP contribution in [0.4, 0.5) is 0 Å². The number of carboxylic acid groups (broad SMARTS) is 2. The second-order valence-electron chi connectivity index (χ2n) is 9.77. The number of nitrogens with zero attached hydrogens (tertiary/aromatic N) is 1. The Kier molecular flexibility index (Phi) is 9.57. The molecule has 8 nitrogen and oxygen atoms in total. The van der Waals surface area contributed by atoms with Crippen LogP contribution in [0, 0.1) is 5.92 Å². The number of hydrogen-bond acceptors (Lipinski definition) is 6. The van der Waals surface area contributed by atoms with Gasteiger partial charge in [0, 0.05) is 18.0 Å². The van der Waals surface area contributed by atoms with Crippen molar-refractivity contribution >= 4 is 11.9 Å². The average molecular weight is 534 g/mol. The second kappa shape index (κ2) is 13.3. The van der Waals surface area contributed by atoms with Crippen molar-refractivity contribution in [2.24, 2.45) is 5.92 Å². The fraction of sp³-hybridized carbons (Fsp3) is 0.355. The number of aliphatic carboxylic acids is 2. The minimum Gasteiger partial charge on any atom is -0.497 e. The summed E-state index contributed by atoms with van der Waals surface area (Å²) in [6.45, 7) is 2.85. The molecule has 0 radical (unpaired) electrons. The Bertz CT molecular complexity index is 1150. The van der Waals surface area contributed by atoms with Gasteiger partial charge in [-0.3, -0.25) is 4.90 Å². The summed E-state index contributed by atoms with van der Waals surface area (Å²) >= 11 is 0. The first-order valence-electron chi connectivity index (χ1n) is 13.0. The molecule has 2 N–H and O–H groups in total. The molecule has 3 saturated heterocycles. The Balaban J connectivity index is 0.000000531. The fourth-order valence-electron chi connectivity index (χ4n) is 5.72. The summed E-state index contributed by atoms with van der Waals surface area (Å²) < 4.78 is 17.7. The van der Waals surface area contributed by atoms with E-state index in [1.54, 1.807) is 14.2 Å². The minimum absolute atomic E-state index is 0.176. The smallest absolute Gasteiger partial charge is 0.414 e. The lowest BCUT2D eigenvalue weighted by Gasteiger charge is -2.53. The van der Waals surface area contributed by atoms with Gasteiger partial charge >= 0.3 is 11.9 Å². The van der Waals surface area contributed by atoms with Gasteiger partial charge in [-0.15, -0.1) is 0 Å². The topological polar surface area (TPSA) is 106 Å². The van der Waals surface area contributed by atoms with Crippen molar-refractivity contribution in [3.8, 4) is 11.5 Å². The minimum atomic E-state index is -1.82. The van der Waals surface area contributed by atoms with Crippen LogP contribution >= 0.6 is 0 Å². The van der Waals surface area contributed by atoms with Crippen LogP contribution in [-0.2, 0) is 20.9 Å². The quantitative estimate of drug-likeness (QED) is 0.403. The highest BCUT2D eigenvalue weighted by Gasteiger charge is 2.47. The van der Waals surface area contributed by atoms with E-state index in [2.05, 4.69) is 65.6 Å². The average Bonchev–Trinajstić information content (AvgIpc) is 2.98. The Morgan fingerprint density at radius 3 is 1.74 bits per heavy atom. The maximum Gasteiger partial charge on any atom is 0.414 e. The lowest BCUT2D eigenvalue weighted by molar-refractivity contribution is -0.159. The highest BCUT2D eigenvalue weighted by Crippen LogP contribution is 2.43. The molecule has 3 aliphatic rings. The molecule has 0 unspecified atom stereocenters. The Hall–Kier alpha value is -3.88. The van der Waals surface area contributed by atoms with Crippen LogP contribution in [-0.4, -0.2) is 66.5 Å². The normalized spacial score (nSPS) is 21.5. The molecule has 3 heterocycles. The summed E-state index contributed by atoms with van der Waals surface area (Å²) in [7, 11) is 3.38. The highest BCUT2D eigenvalue weighted by molar-refractivity contribution is 6.27. The molecule has 8 heteroatoms. The highest BCUT2D eigenvalue weighted by atomic mass is 16.5. The predicted octanol–water partition coefficient (Wildman–Crippen LogP) is 4.67. The first kappa shape index (κ1) is 28.1. The molecule has 2 bridgehead atoms. The van der Waals surface area contributed by atoms with Gasteiger partial charge in [0.25, 0.3) is 0 Å². The number of methoxy groups -OCH3 is 2. The zero-order chi connectivity index (χ0) is 27.8. The summed E-state index contributed by atoms with van der Waals surface area (Å²) in [5.74, 6) is -1.19. The summed E-state index contributed by atoms with van der Waals surface area (Å²) in [4.78, 5) is 20.9. The third kappa shape index (κ3) is 6.96. The zero-order valence-electron chi connectivity index (χ0n) is 22.2. The zero-order valence-corrected chi connectivity index (χ0v) is 22.2. The second-order valence-corrected chi connectivity index (χ2v) is 9.77. The van der Waals surface area contributed by atoms with Crippen LogP contribution in [0.1, 0.15) is 35.4 Å². The van der Waals surface area contributed by atoms with Gasteiger partial charge in [0.05, 0.1) is 26.9 Å². The van der Waals surface area contributed by atoms with E-state index < -0.39 is 11.9 Å². The Morgan fingerprint density at radius 1 is 0.821 bits per heavy atom. The summed E-state index contributed by atoms with van der Waals surface area (Å²) in [5.41, 5.74) is 3.80. The van der Waals surface area contributed by atoms with Crippen molar-refractivity contribution < 1.29 is 34.0 Å². The van der Waals surface area contributed by atoms with E-state index in [9.17, 15) is 0 Å². The molecule has 6 rings (SSSR count). The van der Waals surface area contributed by atoms with Gasteiger partial charge in [-0.1, -0.05) is 60.7 Å². The number of fused-ring (bicyclic) bond motifs is 3. The molecule has 0 spiro atoms. The number of rotatable bonds is 8. The lowest BCUT2D eigenvalue weighted by atomic mass is 9.72. The molecule has 206 valence electrons. The monoisotopic (exact) mass is 533 g/mol. The third-order valence-electron chi connectivity index (χ3n) is 7.49. The van der Waals surface area contributed by atoms with Gasteiger partial charge in [0.1, 0.15) is 11.5 Å². The summed E-state index contributed by atoms with van der Waals surface area (Å²) in [5, 5.41) is 14.8. The molecule has 3 aromatic carbocycles. The van der Waals surface area contributed by atoms with Gasteiger partial charge in [-0.2, -0.15) is 0 Å². The number of hydrogen-bond donors (Lipinski definition) is 2. The first-order chi connectivity index (χ1) is 18.9. The standard InChI is InChI=1S/C29H33NO3.C2H2O4/c1-31-25-17-21(18-26(19-25)32-2)20-33-29-24-13-15-30(16-14-24)28(29)27(22-9-5-3-6-10-22)23-11-7-4-8-12-23;3-1(4)2(5)6/h3-12,17-19,24,27-29H,13-16,20H2,1-2H3;(H,3,4)(H,5,6)/t28-,29-;/m1./s1. The van der Waals surface area contributed by atoms with Crippen LogP contribution in [0.2, 0.25) is 0 Å². The van der Waals surface area contributed by atoms with Crippen molar-refractivity contribution in [2.45, 2.75) is 37.5 Å². The molecule has 3 aromatic rings. The van der Waals surface area contributed by atoms with Gasteiger partial charge < -0.3 is 24.4 Å². The number of piperidine rings is 3. The Morgan fingerprint density at radius 2 is 1.31 bits per heavy atom. The van der Waals surface area contributed by atoms with Crippen LogP contribution in [0.15, 0.2) is 78.9 Å². The molecule has 0 aromatic heterocycles. The van der Waals surface area contributed by atoms with Crippen LogP contribution in [0.25, 0.3) is 0 Å². The molecular formula is C31H35NO7. The number of carbonyl (C=O) groups is 2. The number of benzene rings is 3. The van der Waals surface area contributed by atoms with Gasteiger partial charge in [0.15, 0.2) is 0 Å². The van der Waals surface area contributed by atoms with Gasteiger partial charge in [-0.25, -0.2) is 9.59 Å². The van der Waals surface area contributed by atoms with E-state index in [0.717, 1.165) is 30.2 Å². The van der Waals surface area contributed by atoms with E-state index in [1.807, 2.05) is 18.2 Å².